The molecule has 1 atom stereocenters. The second kappa shape index (κ2) is 12.1. The average molecular weight is 517 g/mol. The maximum absolute atomic E-state index is 12.9. The van der Waals surface area contributed by atoms with Crippen molar-refractivity contribution in [1.82, 2.24) is 19.4 Å². The van der Waals surface area contributed by atoms with Gasteiger partial charge in [-0.2, -0.15) is 4.31 Å². The highest BCUT2D eigenvalue weighted by Gasteiger charge is 2.28. The van der Waals surface area contributed by atoms with Crippen LogP contribution in [0.15, 0.2) is 53.4 Å². The second-order valence-electron chi connectivity index (χ2n) is 9.42. The molecule has 2 fully saturated rings. The van der Waals surface area contributed by atoms with Gasteiger partial charge >= 0.3 is 0 Å². The van der Waals surface area contributed by atoms with Gasteiger partial charge in [-0.25, -0.2) is 8.42 Å². The first-order valence-corrected chi connectivity index (χ1v) is 13.8. The maximum atomic E-state index is 12.9. The molecule has 0 bridgehead atoms. The summed E-state index contributed by atoms with van der Waals surface area (Å²) in [5.41, 5.74) is 1.16. The van der Waals surface area contributed by atoms with Crippen LogP contribution in [0.25, 0.3) is 0 Å². The molecule has 1 amide bonds. The molecule has 2 aliphatic heterocycles. The topological polar surface area (TPSA) is 91.4 Å². The van der Waals surface area contributed by atoms with E-state index in [9.17, 15) is 13.2 Å². The molecule has 2 saturated heterocycles. The number of likely N-dealkylation sites (N-methyl/N-ethyl adjacent to an activating group) is 1. The molecular weight excluding hydrogens is 480 g/mol. The van der Waals surface area contributed by atoms with Crippen molar-refractivity contribution >= 4 is 15.9 Å². The quantitative estimate of drug-likeness (QED) is 0.487. The highest BCUT2D eigenvalue weighted by molar-refractivity contribution is 7.89. The van der Waals surface area contributed by atoms with E-state index in [1.54, 1.807) is 35.7 Å². The third-order valence-electron chi connectivity index (χ3n) is 6.67. The lowest BCUT2D eigenvalue weighted by atomic mass is 10.1. The maximum Gasteiger partial charge on any atom is 0.243 e. The molecule has 0 saturated carbocycles. The third-order valence-corrected chi connectivity index (χ3v) is 8.59. The minimum atomic E-state index is -3.50. The van der Waals surface area contributed by atoms with Gasteiger partial charge in [0.05, 0.1) is 12.0 Å². The van der Waals surface area contributed by atoms with Crippen molar-refractivity contribution in [2.45, 2.75) is 30.3 Å². The first kappa shape index (κ1) is 26.4. The number of sulfonamides is 1. The van der Waals surface area contributed by atoms with Crippen molar-refractivity contribution in [2.75, 3.05) is 60.0 Å². The summed E-state index contributed by atoms with van der Waals surface area (Å²) in [4.78, 5) is 16.1. The number of ether oxygens (including phenoxy) is 2. The normalized spacial score (nSPS) is 19.4. The van der Waals surface area contributed by atoms with Crippen molar-refractivity contribution in [3.8, 4) is 11.5 Å². The predicted octanol–water partition coefficient (Wildman–Crippen LogP) is 1.79. The standard InChI is InChI=1S/C26H36N4O5S/c1-28(20-22-6-11-26(31)27-22)19-21-4-3-5-24(18-21)35-17-16-29-12-14-30(15-13-29)36(32,33)25-9-7-23(34-2)8-10-25/h3-5,7-10,18,22H,6,11-17,19-20H2,1-2H3,(H,27,31). The van der Waals surface area contributed by atoms with E-state index in [1.807, 2.05) is 12.1 Å². The Labute approximate surface area is 214 Å². The molecule has 10 heteroatoms. The number of hydrogen-bond acceptors (Lipinski definition) is 7. The van der Waals surface area contributed by atoms with E-state index in [1.165, 1.54) is 0 Å². The molecule has 1 unspecified atom stereocenters. The van der Waals surface area contributed by atoms with Crippen molar-refractivity contribution < 1.29 is 22.7 Å². The van der Waals surface area contributed by atoms with Gasteiger partial charge in [-0.15, -0.1) is 0 Å². The van der Waals surface area contributed by atoms with E-state index in [2.05, 4.69) is 34.3 Å². The van der Waals surface area contributed by atoms with Crippen LogP contribution in [-0.2, 0) is 21.4 Å². The number of nitrogens with one attached hydrogen (secondary N) is 1. The number of methoxy groups -OCH3 is 1. The molecule has 36 heavy (non-hydrogen) atoms. The van der Waals surface area contributed by atoms with Crippen molar-refractivity contribution in [3.63, 3.8) is 0 Å². The number of rotatable bonds is 11. The first-order chi connectivity index (χ1) is 17.3. The molecular formula is C26H36N4O5S. The van der Waals surface area contributed by atoms with Gasteiger partial charge in [0.2, 0.25) is 15.9 Å². The molecule has 0 aliphatic carbocycles. The van der Waals surface area contributed by atoms with Crippen LogP contribution in [-0.4, -0.2) is 94.5 Å². The Bertz CT molecular complexity index is 1120. The summed E-state index contributed by atoms with van der Waals surface area (Å²) in [5.74, 6) is 1.61. The molecule has 2 heterocycles. The van der Waals surface area contributed by atoms with Gasteiger partial charge in [0.1, 0.15) is 18.1 Å². The highest BCUT2D eigenvalue weighted by atomic mass is 32.2. The van der Waals surface area contributed by atoms with Gasteiger partial charge in [0.15, 0.2) is 0 Å². The summed E-state index contributed by atoms with van der Waals surface area (Å²) in [5, 5.41) is 3.01. The Kier molecular flexibility index (Phi) is 8.84. The molecule has 2 aromatic rings. The summed E-state index contributed by atoms with van der Waals surface area (Å²) < 4.78 is 38.5. The Hall–Kier alpha value is -2.66. The van der Waals surface area contributed by atoms with Gasteiger partial charge in [0, 0.05) is 58.3 Å². The van der Waals surface area contributed by atoms with Crippen LogP contribution in [0.2, 0.25) is 0 Å². The van der Waals surface area contributed by atoms with Crippen LogP contribution in [0.5, 0.6) is 11.5 Å². The first-order valence-electron chi connectivity index (χ1n) is 12.4. The van der Waals surface area contributed by atoms with E-state index in [0.29, 0.717) is 49.9 Å². The van der Waals surface area contributed by atoms with Gasteiger partial charge in [-0.1, -0.05) is 12.1 Å². The van der Waals surface area contributed by atoms with E-state index < -0.39 is 10.0 Å². The summed E-state index contributed by atoms with van der Waals surface area (Å²) in [6.45, 7) is 5.14. The van der Waals surface area contributed by atoms with Crippen LogP contribution in [0.3, 0.4) is 0 Å². The van der Waals surface area contributed by atoms with Crippen LogP contribution < -0.4 is 14.8 Å². The summed E-state index contributed by atoms with van der Waals surface area (Å²) >= 11 is 0. The number of amides is 1. The number of benzene rings is 2. The van der Waals surface area contributed by atoms with Crippen LogP contribution in [0.4, 0.5) is 0 Å². The van der Waals surface area contributed by atoms with Crippen LogP contribution in [0.1, 0.15) is 18.4 Å². The van der Waals surface area contributed by atoms with Gasteiger partial charge in [0.25, 0.3) is 0 Å². The molecule has 4 rings (SSSR count). The predicted molar refractivity (Wildman–Crippen MR) is 138 cm³/mol. The minimum absolute atomic E-state index is 0.143. The summed E-state index contributed by atoms with van der Waals surface area (Å²) in [6.07, 6.45) is 1.52. The number of carbonyl (C=O) groups is 1. The van der Waals surface area contributed by atoms with E-state index in [0.717, 1.165) is 37.4 Å². The molecule has 0 spiro atoms. The lowest BCUT2D eigenvalue weighted by Gasteiger charge is -2.33. The Morgan fingerprint density at radius 1 is 1.06 bits per heavy atom. The van der Waals surface area contributed by atoms with Crippen LogP contribution in [0, 0.1) is 0 Å². The molecule has 0 aromatic heterocycles. The monoisotopic (exact) mass is 516 g/mol. The lowest BCUT2D eigenvalue weighted by molar-refractivity contribution is -0.119. The molecule has 9 nitrogen and oxygen atoms in total. The average Bonchev–Trinajstić information content (AvgIpc) is 3.28. The van der Waals surface area contributed by atoms with E-state index in [-0.39, 0.29) is 11.9 Å². The number of carbonyl (C=O) groups excluding carboxylic acids is 1. The van der Waals surface area contributed by atoms with Gasteiger partial charge < -0.3 is 19.7 Å². The zero-order valence-corrected chi connectivity index (χ0v) is 21.9. The molecule has 2 aliphatic rings. The van der Waals surface area contributed by atoms with Crippen molar-refractivity contribution in [3.05, 3.63) is 54.1 Å². The molecule has 1 N–H and O–H groups in total. The molecule has 196 valence electrons. The largest absolute Gasteiger partial charge is 0.497 e. The summed E-state index contributed by atoms with van der Waals surface area (Å²) in [7, 11) is 0.116. The lowest BCUT2D eigenvalue weighted by Crippen LogP contribution is -2.49. The number of hydrogen-bond donors (Lipinski definition) is 1. The fraction of sp³-hybridized carbons (Fsp3) is 0.500. The van der Waals surface area contributed by atoms with Gasteiger partial charge in [-0.3, -0.25) is 9.69 Å². The summed E-state index contributed by atoms with van der Waals surface area (Å²) in [6, 6.07) is 14.8. The Morgan fingerprint density at radius 3 is 2.47 bits per heavy atom. The highest BCUT2D eigenvalue weighted by Crippen LogP contribution is 2.21. The fourth-order valence-corrected chi connectivity index (χ4v) is 6.11. The van der Waals surface area contributed by atoms with Crippen LogP contribution >= 0.6 is 0 Å². The number of piperazine rings is 1. The SMILES string of the molecule is COc1ccc(S(=O)(=O)N2CCN(CCOc3cccc(CN(C)CC4CCC(=O)N4)c3)CC2)cc1. The van der Waals surface area contributed by atoms with E-state index >= 15 is 0 Å². The second-order valence-corrected chi connectivity index (χ2v) is 11.4. The molecule has 0 radical (unpaired) electrons. The van der Waals surface area contributed by atoms with Crippen molar-refractivity contribution in [2.24, 2.45) is 0 Å². The van der Waals surface area contributed by atoms with Gasteiger partial charge in [-0.05, 0) is 55.4 Å². The minimum Gasteiger partial charge on any atom is -0.497 e. The van der Waals surface area contributed by atoms with Crippen molar-refractivity contribution in [1.29, 1.82) is 0 Å². The zero-order valence-electron chi connectivity index (χ0n) is 21.1. The number of nitrogens with zero attached hydrogens (tertiary/aromatic N) is 3. The molecule has 2 aromatic carbocycles. The Balaban J connectivity index is 1.19. The smallest absolute Gasteiger partial charge is 0.243 e. The zero-order chi connectivity index (χ0) is 25.5. The fourth-order valence-electron chi connectivity index (χ4n) is 4.68. The van der Waals surface area contributed by atoms with E-state index in [4.69, 9.17) is 9.47 Å². The third kappa shape index (κ3) is 6.97. The Morgan fingerprint density at radius 2 is 1.81 bits per heavy atom.